The van der Waals surface area contributed by atoms with E-state index in [1.807, 2.05) is 36.4 Å². The van der Waals surface area contributed by atoms with Gasteiger partial charge in [0.25, 0.3) is 0 Å². The molecule has 0 spiro atoms. The van der Waals surface area contributed by atoms with Crippen LogP contribution >= 0.6 is 0 Å². The highest BCUT2D eigenvalue weighted by molar-refractivity contribution is 5.96. The molecule has 0 atom stereocenters. The normalized spacial score (nSPS) is 10.3. The molecule has 6 heteroatoms. The largest absolute Gasteiger partial charge is 0.491 e. The lowest BCUT2D eigenvalue weighted by Crippen LogP contribution is -2.22. The minimum atomic E-state index is -0.513. The van der Waals surface area contributed by atoms with Gasteiger partial charge in [0.2, 0.25) is 11.8 Å². The van der Waals surface area contributed by atoms with Crippen molar-refractivity contribution in [1.29, 1.82) is 0 Å². The third kappa shape index (κ3) is 6.38. The molecule has 0 bridgehead atoms. The number of benzene rings is 3. The van der Waals surface area contributed by atoms with Crippen LogP contribution in [0.5, 0.6) is 5.75 Å². The molecule has 0 saturated carbocycles. The number of carbonyl (C=O) groups excluding carboxylic acids is 2. The fourth-order valence-electron chi connectivity index (χ4n) is 2.96. The molecule has 0 radical (unpaired) electrons. The molecule has 0 saturated heterocycles. The number of hydrogen-bond donors (Lipinski definition) is 3. The highest BCUT2D eigenvalue weighted by Gasteiger charge is 2.08. The molecule has 0 aliphatic heterocycles. The predicted molar refractivity (Wildman–Crippen MR) is 119 cm³/mol. The maximum Gasteiger partial charge on any atom is 0.248 e. The molecular formula is C24H25N3O3. The minimum absolute atomic E-state index is 0.0462. The number of ether oxygens (including phenoxy) is 1. The van der Waals surface area contributed by atoms with Crippen molar-refractivity contribution in [2.75, 3.05) is 23.8 Å². The van der Waals surface area contributed by atoms with Crippen molar-refractivity contribution < 1.29 is 14.3 Å². The summed E-state index contributed by atoms with van der Waals surface area (Å²) in [6.45, 7) is 0.602. The topological polar surface area (TPSA) is 93.5 Å². The summed E-state index contributed by atoms with van der Waals surface area (Å²) in [7, 11) is 0. The van der Waals surface area contributed by atoms with Crippen molar-refractivity contribution in [2.24, 2.45) is 5.73 Å². The molecule has 2 amide bonds. The van der Waals surface area contributed by atoms with E-state index in [-0.39, 0.29) is 12.5 Å². The molecule has 0 fully saturated rings. The van der Waals surface area contributed by atoms with Crippen LogP contribution in [0.25, 0.3) is 0 Å². The molecule has 0 aromatic heterocycles. The second-order valence-corrected chi connectivity index (χ2v) is 6.78. The van der Waals surface area contributed by atoms with Gasteiger partial charge in [-0.1, -0.05) is 48.5 Å². The van der Waals surface area contributed by atoms with Gasteiger partial charge in [0.05, 0.1) is 18.8 Å². The van der Waals surface area contributed by atoms with Gasteiger partial charge < -0.3 is 21.1 Å². The van der Waals surface area contributed by atoms with Crippen LogP contribution in [0.1, 0.15) is 22.3 Å². The van der Waals surface area contributed by atoms with Gasteiger partial charge in [-0.25, -0.2) is 0 Å². The summed E-state index contributed by atoms with van der Waals surface area (Å²) in [5, 5.41) is 5.85. The lowest BCUT2D eigenvalue weighted by molar-refractivity contribution is -0.114. The number of primary amides is 1. The third-order valence-electron chi connectivity index (χ3n) is 4.47. The fourth-order valence-corrected chi connectivity index (χ4v) is 2.96. The Morgan fingerprint density at radius 3 is 2.47 bits per heavy atom. The predicted octanol–water partition coefficient (Wildman–Crippen LogP) is 3.85. The smallest absolute Gasteiger partial charge is 0.248 e. The highest BCUT2D eigenvalue weighted by Crippen LogP contribution is 2.24. The summed E-state index contributed by atoms with van der Waals surface area (Å²) in [5.74, 6) is -0.101. The lowest BCUT2D eigenvalue weighted by Gasteiger charge is -2.13. The molecular weight excluding hydrogens is 378 g/mol. The van der Waals surface area contributed by atoms with Crippen LogP contribution in [0, 0.1) is 0 Å². The molecule has 3 rings (SSSR count). The molecule has 3 aromatic carbocycles. The maximum atomic E-state index is 12.4. The number of amides is 2. The zero-order valence-corrected chi connectivity index (χ0v) is 16.6. The molecule has 3 aromatic rings. The Bertz CT molecular complexity index is 990. The van der Waals surface area contributed by atoms with Crippen LogP contribution < -0.4 is 21.1 Å². The van der Waals surface area contributed by atoms with E-state index in [0.29, 0.717) is 29.3 Å². The molecule has 4 N–H and O–H groups in total. The Hall–Kier alpha value is -3.80. The first-order valence-electron chi connectivity index (χ1n) is 9.81. The van der Waals surface area contributed by atoms with Crippen molar-refractivity contribution >= 4 is 23.2 Å². The highest BCUT2D eigenvalue weighted by atomic mass is 16.5. The van der Waals surface area contributed by atoms with E-state index in [4.69, 9.17) is 10.5 Å². The maximum absolute atomic E-state index is 12.4. The number of para-hydroxylation sites is 2. The zero-order valence-electron chi connectivity index (χ0n) is 16.6. The van der Waals surface area contributed by atoms with E-state index in [1.165, 1.54) is 5.56 Å². The number of hydrogen-bond acceptors (Lipinski definition) is 4. The van der Waals surface area contributed by atoms with Gasteiger partial charge in [0, 0.05) is 11.3 Å². The van der Waals surface area contributed by atoms with Gasteiger partial charge in [-0.2, -0.15) is 0 Å². The Balaban J connectivity index is 1.49. The number of carbonyl (C=O) groups is 2. The second kappa shape index (κ2) is 10.7. The van der Waals surface area contributed by atoms with Gasteiger partial charge in [0.15, 0.2) is 0 Å². The Morgan fingerprint density at radius 2 is 1.67 bits per heavy atom. The van der Waals surface area contributed by atoms with E-state index in [2.05, 4.69) is 22.8 Å². The molecule has 154 valence electrons. The van der Waals surface area contributed by atoms with E-state index in [1.54, 1.807) is 30.3 Å². The molecule has 6 nitrogen and oxygen atoms in total. The average molecular weight is 403 g/mol. The van der Waals surface area contributed by atoms with Gasteiger partial charge in [0.1, 0.15) is 5.75 Å². The quantitative estimate of drug-likeness (QED) is 0.448. The average Bonchev–Trinajstić information content (AvgIpc) is 2.77. The van der Waals surface area contributed by atoms with Crippen LogP contribution in [-0.4, -0.2) is 25.0 Å². The first-order chi connectivity index (χ1) is 14.6. The summed E-state index contributed by atoms with van der Waals surface area (Å²) in [5.41, 5.74) is 8.20. The van der Waals surface area contributed by atoms with Gasteiger partial charge in [-0.05, 0) is 48.7 Å². The number of aryl methyl sites for hydroxylation is 1. The first kappa shape index (κ1) is 20.9. The van der Waals surface area contributed by atoms with Crippen molar-refractivity contribution in [3.05, 3.63) is 90.0 Å². The third-order valence-corrected chi connectivity index (χ3v) is 4.47. The van der Waals surface area contributed by atoms with Crippen molar-refractivity contribution in [2.45, 2.75) is 12.8 Å². The van der Waals surface area contributed by atoms with Crippen LogP contribution in [0.3, 0.4) is 0 Å². The van der Waals surface area contributed by atoms with Gasteiger partial charge >= 0.3 is 0 Å². The monoisotopic (exact) mass is 403 g/mol. The Labute approximate surface area is 176 Å². The first-order valence-corrected chi connectivity index (χ1v) is 9.81. The summed E-state index contributed by atoms with van der Waals surface area (Å²) in [6, 6.07) is 24.3. The number of anilines is 2. The molecule has 0 heterocycles. The zero-order chi connectivity index (χ0) is 21.2. The van der Waals surface area contributed by atoms with E-state index in [9.17, 15) is 9.59 Å². The van der Waals surface area contributed by atoms with Gasteiger partial charge in [-0.3, -0.25) is 9.59 Å². The van der Waals surface area contributed by atoms with Crippen molar-refractivity contribution in [3.8, 4) is 5.75 Å². The molecule has 0 unspecified atom stereocenters. The standard InChI is InChI=1S/C24H25N3O3/c25-24(29)19-11-6-12-20(16-19)26-17-23(28)27-21-13-4-5-14-22(21)30-15-7-10-18-8-2-1-3-9-18/h1-6,8-9,11-14,16,26H,7,10,15,17H2,(H2,25,29)(H,27,28). The summed E-state index contributed by atoms with van der Waals surface area (Å²) in [6.07, 6.45) is 1.81. The summed E-state index contributed by atoms with van der Waals surface area (Å²) in [4.78, 5) is 23.6. The van der Waals surface area contributed by atoms with E-state index < -0.39 is 5.91 Å². The van der Waals surface area contributed by atoms with Crippen LogP contribution in [0.4, 0.5) is 11.4 Å². The van der Waals surface area contributed by atoms with Crippen LogP contribution in [-0.2, 0) is 11.2 Å². The van der Waals surface area contributed by atoms with Crippen LogP contribution in [0.15, 0.2) is 78.9 Å². The van der Waals surface area contributed by atoms with Crippen molar-refractivity contribution in [1.82, 2.24) is 0 Å². The SMILES string of the molecule is NC(=O)c1cccc(NCC(=O)Nc2ccccc2OCCCc2ccccc2)c1. The Morgan fingerprint density at radius 1 is 0.900 bits per heavy atom. The number of nitrogens with one attached hydrogen (secondary N) is 2. The van der Waals surface area contributed by atoms with Gasteiger partial charge in [-0.15, -0.1) is 0 Å². The number of rotatable bonds is 10. The molecule has 0 aliphatic rings. The number of nitrogens with two attached hydrogens (primary N) is 1. The van der Waals surface area contributed by atoms with Crippen LogP contribution in [0.2, 0.25) is 0 Å². The van der Waals surface area contributed by atoms with E-state index >= 15 is 0 Å². The minimum Gasteiger partial charge on any atom is -0.491 e. The Kier molecular flexibility index (Phi) is 7.44. The summed E-state index contributed by atoms with van der Waals surface area (Å²) >= 11 is 0. The lowest BCUT2D eigenvalue weighted by atomic mass is 10.1. The summed E-state index contributed by atoms with van der Waals surface area (Å²) < 4.78 is 5.88. The van der Waals surface area contributed by atoms with Crippen molar-refractivity contribution in [3.63, 3.8) is 0 Å². The molecule has 30 heavy (non-hydrogen) atoms. The second-order valence-electron chi connectivity index (χ2n) is 6.78. The van der Waals surface area contributed by atoms with E-state index in [0.717, 1.165) is 12.8 Å². The molecule has 0 aliphatic carbocycles. The fraction of sp³-hybridized carbons (Fsp3) is 0.167.